The van der Waals surface area contributed by atoms with E-state index >= 15 is 0 Å². The number of aryl methyl sites for hydroxylation is 1. The molecule has 0 spiro atoms. The second kappa shape index (κ2) is 3.16. The fourth-order valence-electron chi connectivity index (χ4n) is 1.62. The first-order valence-electron chi connectivity index (χ1n) is 4.87. The van der Waals surface area contributed by atoms with Crippen molar-refractivity contribution in [3.63, 3.8) is 0 Å². The van der Waals surface area contributed by atoms with Crippen molar-refractivity contribution < 1.29 is 14.0 Å². The molecule has 82 valence electrons. The Bertz CT molecular complexity index is 548. The van der Waals surface area contributed by atoms with E-state index in [4.69, 9.17) is 19.7 Å². The quantitative estimate of drug-likeness (QED) is 0.792. The van der Waals surface area contributed by atoms with E-state index in [-0.39, 0.29) is 6.79 Å². The topological polar surface area (TPSA) is 70.5 Å². The molecule has 0 aliphatic carbocycles. The largest absolute Gasteiger partial charge is 0.454 e. The van der Waals surface area contributed by atoms with Gasteiger partial charge in [0, 0.05) is 5.56 Å². The van der Waals surface area contributed by atoms with Gasteiger partial charge < -0.3 is 19.7 Å². The predicted octanol–water partition coefficient (Wildman–Crippen LogP) is 1.96. The van der Waals surface area contributed by atoms with E-state index in [0.29, 0.717) is 22.9 Å². The van der Waals surface area contributed by atoms with Gasteiger partial charge in [0.15, 0.2) is 17.3 Å². The summed E-state index contributed by atoms with van der Waals surface area (Å²) in [5.41, 5.74) is 7.93. The lowest BCUT2D eigenvalue weighted by Gasteiger charge is -1.99. The van der Waals surface area contributed by atoms with Crippen LogP contribution < -0.4 is 15.2 Å². The number of rotatable bonds is 1. The van der Waals surface area contributed by atoms with E-state index in [1.54, 1.807) is 6.92 Å². The molecule has 1 aliphatic heterocycles. The second-order valence-corrected chi connectivity index (χ2v) is 3.58. The molecule has 1 aromatic heterocycles. The van der Waals surface area contributed by atoms with Crippen LogP contribution in [0.2, 0.25) is 0 Å². The molecule has 2 heterocycles. The first-order valence-corrected chi connectivity index (χ1v) is 4.87. The molecule has 0 radical (unpaired) electrons. The maximum absolute atomic E-state index is 5.85. The molecular formula is C11H10N2O3. The second-order valence-electron chi connectivity index (χ2n) is 3.58. The number of nitrogens with two attached hydrogens (primary N) is 1. The summed E-state index contributed by atoms with van der Waals surface area (Å²) < 4.78 is 15.7. The van der Waals surface area contributed by atoms with Crippen molar-refractivity contribution in [1.29, 1.82) is 0 Å². The number of benzene rings is 1. The van der Waals surface area contributed by atoms with Crippen LogP contribution in [-0.2, 0) is 0 Å². The van der Waals surface area contributed by atoms with Crippen LogP contribution in [0.1, 0.15) is 5.69 Å². The van der Waals surface area contributed by atoms with Gasteiger partial charge in [-0.3, -0.25) is 0 Å². The van der Waals surface area contributed by atoms with Crippen LogP contribution >= 0.6 is 0 Å². The Labute approximate surface area is 91.7 Å². The third-order valence-corrected chi connectivity index (χ3v) is 2.54. The van der Waals surface area contributed by atoms with Crippen molar-refractivity contribution in [3.05, 3.63) is 23.9 Å². The van der Waals surface area contributed by atoms with Gasteiger partial charge in [-0.2, -0.15) is 0 Å². The van der Waals surface area contributed by atoms with Crippen LogP contribution in [0.25, 0.3) is 11.3 Å². The van der Waals surface area contributed by atoms with Crippen LogP contribution in [0, 0.1) is 6.92 Å². The molecule has 5 heteroatoms. The summed E-state index contributed by atoms with van der Waals surface area (Å²) in [4.78, 5) is 0. The molecule has 0 atom stereocenters. The van der Waals surface area contributed by atoms with E-state index < -0.39 is 0 Å². The van der Waals surface area contributed by atoms with Crippen molar-refractivity contribution in [2.75, 3.05) is 12.5 Å². The number of nitrogen functional groups attached to an aromatic ring is 1. The van der Waals surface area contributed by atoms with Crippen molar-refractivity contribution in [2.24, 2.45) is 0 Å². The molecule has 0 amide bonds. The molecule has 16 heavy (non-hydrogen) atoms. The number of fused-ring (bicyclic) bond motifs is 1. The number of ether oxygens (including phenoxy) is 2. The summed E-state index contributed by atoms with van der Waals surface area (Å²) in [6.07, 6.45) is 0. The van der Waals surface area contributed by atoms with E-state index in [9.17, 15) is 0 Å². The molecule has 0 bridgehead atoms. The Morgan fingerprint density at radius 2 is 2.06 bits per heavy atom. The number of hydrogen-bond acceptors (Lipinski definition) is 5. The van der Waals surface area contributed by atoms with E-state index in [2.05, 4.69) is 5.16 Å². The maximum atomic E-state index is 5.85. The predicted molar refractivity (Wildman–Crippen MR) is 57.2 cm³/mol. The summed E-state index contributed by atoms with van der Waals surface area (Å²) in [7, 11) is 0. The first kappa shape index (κ1) is 9.08. The van der Waals surface area contributed by atoms with E-state index in [0.717, 1.165) is 11.3 Å². The minimum absolute atomic E-state index is 0.254. The zero-order chi connectivity index (χ0) is 11.1. The summed E-state index contributed by atoms with van der Waals surface area (Å²) in [5.74, 6) is 2.00. The molecule has 0 saturated heterocycles. The van der Waals surface area contributed by atoms with Crippen LogP contribution in [0.3, 0.4) is 0 Å². The fraction of sp³-hybridized carbons (Fsp3) is 0.182. The Hall–Kier alpha value is -2.17. The maximum Gasteiger partial charge on any atom is 0.231 e. The van der Waals surface area contributed by atoms with Gasteiger partial charge in [0.05, 0.1) is 0 Å². The van der Waals surface area contributed by atoms with Gasteiger partial charge in [-0.25, -0.2) is 0 Å². The normalized spacial score (nSPS) is 13.1. The molecule has 0 fully saturated rings. The highest BCUT2D eigenvalue weighted by Crippen LogP contribution is 2.37. The molecular weight excluding hydrogens is 208 g/mol. The average Bonchev–Trinajstić information content (AvgIpc) is 2.86. The van der Waals surface area contributed by atoms with Crippen molar-refractivity contribution in [2.45, 2.75) is 6.92 Å². The molecule has 2 N–H and O–H groups in total. The van der Waals surface area contributed by atoms with Gasteiger partial charge in [0.25, 0.3) is 0 Å². The van der Waals surface area contributed by atoms with E-state index in [1.165, 1.54) is 0 Å². The SMILES string of the molecule is Cc1noc(-c2ccc3c(c2)OCO3)c1N. The first-order chi connectivity index (χ1) is 7.75. The number of anilines is 1. The van der Waals surface area contributed by atoms with Crippen molar-refractivity contribution in [3.8, 4) is 22.8 Å². The minimum Gasteiger partial charge on any atom is -0.454 e. The van der Waals surface area contributed by atoms with Gasteiger partial charge in [-0.1, -0.05) is 5.16 Å². The molecule has 5 nitrogen and oxygen atoms in total. The Morgan fingerprint density at radius 3 is 2.81 bits per heavy atom. The van der Waals surface area contributed by atoms with Crippen LogP contribution in [0.4, 0.5) is 5.69 Å². The molecule has 3 rings (SSSR count). The minimum atomic E-state index is 0.254. The molecule has 2 aromatic rings. The van der Waals surface area contributed by atoms with Gasteiger partial charge in [0.1, 0.15) is 11.4 Å². The fourth-order valence-corrected chi connectivity index (χ4v) is 1.62. The third-order valence-electron chi connectivity index (χ3n) is 2.54. The lowest BCUT2D eigenvalue weighted by molar-refractivity contribution is 0.174. The zero-order valence-corrected chi connectivity index (χ0v) is 8.69. The summed E-state index contributed by atoms with van der Waals surface area (Å²) in [6.45, 7) is 2.05. The third kappa shape index (κ3) is 1.21. The highest BCUT2D eigenvalue weighted by Gasteiger charge is 2.17. The highest BCUT2D eigenvalue weighted by atomic mass is 16.7. The van der Waals surface area contributed by atoms with Gasteiger partial charge in [0.2, 0.25) is 6.79 Å². The van der Waals surface area contributed by atoms with E-state index in [1.807, 2.05) is 18.2 Å². The standard InChI is InChI=1S/C11H10N2O3/c1-6-10(12)11(16-13-6)7-2-3-8-9(4-7)15-5-14-8/h2-4H,5,12H2,1H3. The molecule has 1 aliphatic rings. The average molecular weight is 218 g/mol. The number of aromatic nitrogens is 1. The summed E-state index contributed by atoms with van der Waals surface area (Å²) in [6, 6.07) is 5.53. The number of hydrogen-bond donors (Lipinski definition) is 1. The zero-order valence-electron chi connectivity index (χ0n) is 8.69. The number of nitrogens with zero attached hydrogens (tertiary/aromatic N) is 1. The molecule has 0 saturated carbocycles. The molecule has 1 aromatic carbocycles. The van der Waals surface area contributed by atoms with Crippen LogP contribution in [-0.4, -0.2) is 11.9 Å². The van der Waals surface area contributed by atoms with Gasteiger partial charge >= 0.3 is 0 Å². The van der Waals surface area contributed by atoms with Crippen molar-refractivity contribution >= 4 is 5.69 Å². The van der Waals surface area contributed by atoms with Crippen molar-refractivity contribution in [1.82, 2.24) is 5.16 Å². The molecule has 0 unspecified atom stereocenters. The lowest BCUT2D eigenvalue weighted by atomic mass is 10.1. The Kier molecular flexibility index (Phi) is 1.80. The monoisotopic (exact) mass is 218 g/mol. The Morgan fingerprint density at radius 1 is 1.25 bits per heavy atom. The summed E-state index contributed by atoms with van der Waals surface area (Å²) >= 11 is 0. The van der Waals surface area contributed by atoms with Crippen LogP contribution in [0.5, 0.6) is 11.5 Å². The Balaban J connectivity index is 2.10. The summed E-state index contributed by atoms with van der Waals surface area (Å²) in [5, 5.41) is 3.81. The highest BCUT2D eigenvalue weighted by molar-refractivity contribution is 5.74. The smallest absolute Gasteiger partial charge is 0.231 e. The van der Waals surface area contributed by atoms with Gasteiger partial charge in [-0.15, -0.1) is 0 Å². The lowest BCUT2D eigenvalue weighted by Crippen LogP contribution is -1.92. The van der Waals surface area contributed by atoms with Crippen LogP contribution in [0.15, 0.2) is 22.7 Å². The van der Waals surface area contributed by atoms with Gasteiger partial charge in [-0.05, 0) is 25.1 Å².